The molecular weight excluding hydrogens is 503 g/mol. The topological polar surface area (TPSA) is 101 Å². The Morgan fingerprint density at radius 1 is 1.11 bits per heavy atom. The fraction of sp³-hybridized carbons (Fsp3) is 0.240. The fourth-order valence-electron chi connectivity index (χ4n) is 3.59. The zero-order chi connectivity index (χ0) is 25.7. The average molecular weight is 527 g/mol. The maximum absolute atomic E-state index is 13.9. The third-order valence-electron chi connectivity index (χ3n) is 5.33. The SMILES string of the molecule is CCCn1c(SCC(=O)NCCN2C(=O)SC(=Cc3ccccc3F)C2=O)nc2ccccc2c1=O. The van der Waals surface area contributed by atoms with E-state index in [1.165, 1.54) is 18.2 Å². The van der Waals surface area contributed by atoms with Gasteiger partial charge in [-0.15, -0.1) is 0 Å². The first-order valence-corrected chi connectivity index (χ1v) is 13.1. The number of hydrogen-bond donors (Lipinski definition) is 1. The Morgan fingerprint density at radius 2 is 1.86 bits per heavy atom. The van der Waals surface area contributed by atoms with Crippen molar-refractivity contribution in [2.75, 3.05) is 18.8 Å². The third-order valence-corrected chi connectivity index (χ3v) is 7.21. The van der Waals surface area contributed by atoms with Crippen LogP contribution in [0.15, 0.2) is 63.4 Å². The van der Waals surface area contributed by atoms with Crippen LogP contribution in [-0.2, 0) is 16.1 Å². The number of hydrogen-bond acceptors (Lipinski definition) is 7. The Balaban J connectivity index is 1.34. The number of carbonyl (C=O) groups is 3. The lowest BCUT2D eigenvalue weighted by atomic mass is 10.2. The van der Waals surface area contributed by atoms with Crippen LogP contribution in [0.25, 0.3) is 17.0 Å². The number of halogens is 1. The van der Waals surface area contributed by atoms with E-state index >= 15 is 0 Å². The maximum atomic E-state index is 13.9. The summed E-state index contributed by atoms with van der Waals surface area (Å²) in [6, 6.07) is 13.1. The third kappa shape index (κ3) is 5.68. The van der Waals surface area contributed by atoms with Gasteiger partial charge in [0.15, 0.2) is 5.16 Å². The fourth-order valence-corrected chi connectivity index (χ4v) is 5.30. The molecule has 1 N–H and O–H groups in total. The summed E-state index contributed by atoms with van der Waals surface area (Å²) >= 11 is 1.89. The summed E-state index contributed by atoms with van der Waals surface area (Å²) in [4.78, 5) is 55.8. The van der Waals surface area contributed by atoms with Crippen molar-refractivity contribution in [1.82, 2.24) is 19.8 Å². The van der Waals surface area contributed by atoms with Gasteiger partial charge in [-0.1, -0.05) is 49.0 Å². The monoisotopic (exact) mass is 526 g/mol. The molecule has 2 heterocycles. The molecule has 2 aromatic carbocycles. The lowest BCUT2D eigenvalue weighted by Gasteiger charge is -2.14. The Bertz CT molecular complexity index is 1420. The normalized spacial score (nSPS) is 14.7. The van der Waals surface area contributed by atoms with Crippen LogP contribution < -0.4 is 10.9 Å². The van der Waals surface area contributed by atoms with Crippen LogP contribution in [0, 0.1) is 5.82 Å². The van der Waals surface area contributed by atoms with Crippen LogP contribution >= 0.6 is 23.5 Å². The highest BCUT2D eigenvalue weighted by Crippen LogP contribution is 2.32. The van der Waals surface area contributed by atoms with E-state index in [1.54, 1.807) is 41.0 Å². The number of para-hydroxylation sites is 1. The van der Waals surface area contributed by atoms with Gasteiger partial charge < -0.3 is 5.32 Å². The number of nitrogens with one attached hydrogen (secondary N) is 1. The summed E-state index contributed by atoms with van der Waals surface area (Å²) < 4.78 is 15.5. The Labute approximate surface area is 215 Å². The van der Waals surface area contributed by atoms with Crippen LogP contribution in [0.3, 0.4) is 0 Å². The zero-order valence-corrected chi connectivity index (χ0v) is 21.0. The summed E-state index contributed by atoms with van der Waals surface area (Å²) in [5.41, 5.74) is 0.644. The predicted molar refractivity (Wildman–Crippen MR) is 139 cm³/mol. The molecule has 1 aliphatic rings. The minimum absolute atomic E-state index is 0.00947. The van der Waals surface area contributed by atoms with Gasteiger partial charge in [0.05, 0.1) is 21.6 Å². The maximum Gasteiger partial charge on any atom is 0.293 e. The molecule has 0 radical (unpaired) electrons. The van der Waals surface area contributed by atoms with Crippen LogP contribution in [-0.4, -0.2) is 50.3 Å². The quantitative estimate of drug-likeness (QED) is 0.256. The first-order chi connectivity index (χ1) is 17.4. The van der Waals surface area contributed by atoms with Gasteiger partial charge in [0.2, 0.25) is 5.91 Å². The van der Waals surface area contributed by atoms with E-state index < -0.39 is 17.0 Å². The van der Waals surface area contributed by atoms with Gasteiger partial charge in [-0.2, -0.15) is 0 Å². The summed E-state index contributed by atoms with van der Waals surface area (Å²) in [5.74, 6) is -1.32. The van der Waals surface area contributed by atoms with Crippen LogP contribution in [0.4, 0.5) is 9.18 Å². The Morgan fingerprint density at radius 3 is 2.64 bits per heavy atom. The lowest BCUT2D eigenvalue weighted by Crippen LogP contribution is -2.37. The number of thioether (sulfide) groups is 2. The second-order valence-electron chi connectivity index (χ2n) is 7.86. The number of carbonyl (C=O) groups excluding carboxylic acids is 3. The minimum atomic E-state index is -0.527. The van der Waals surface area contributed by atoms with E-state index in [-0.39, 0.29) is 40.8 Å². The Hall–Kier alpha value is -3.44. The van der Waals surface area contributed by atoms with Crippen molar-refractivity contribution in [3.8, 4) is 0 Å². The number of nitrogens with zero attached hydrogens (tertiary/aromatic N) is 3. The van der Waals surface area contributed by atoms with Gasteiger partial charge in [0, 0.05) is 25.2 Å². The molecule has 11 heteroatoms. The largest absolute Gasteiger partial charge is 0.354 e. The van der Waals surface area contributed by atoms with Gasteiger partial charge in [0.25, 0.3) is 16.7 Å². The summed E-state index contributed by atoms with van der Waals surface area (Å²) in [6.07, 6.45) is 2.09. The second kappa shape index (κ2) is 11.5. The highest BCUT2D eigenvalue weighted by Gasteiger charge is 2.34. The van der Waals surface area contributed by atoms with Gasteiger partial charge in [-0.3, -0.25) is 28.6 Å². The molecule has 0 aliphatic carbocycles. The van der Waals surface area contributed by atoms with E-state index in [0.717, 1.165) is 34.8 Å². The van der Waals surface area contributed by atoms with E-state index in [4.69, 9.17) is 0 Å². The molecule has 1 fully saturated rings. The molecular formula is C25H23FN4O4S2. The van der Waals surface area contributed by atoms with Crippen molar-refractivity contribution in [3.63, 3.8) is 0 Å². The predicted octanol–water partition coefficient (Wildman–Crippen LogP) is 3.89. The molecule has 36 heavy (non-hydrogen) atoms. The van der Waals surface area contributed by atoms with Crippen molar-refractivity contribution >= 4 is 57.6 Å². The van der Waals surface area contributed by atoms with E-state index in [9.17, 15) is 23.6 Å². The van der Waals surface area contributed by atoms with Crippen LogP contribution in [0.5, 0.6) is 0 Å². The van der Waals surface area contributed by atoms with E-state index in [2.05, 4.69) is 10.3 Å². The number of fused-ring (bicyclic) bond motifs is 1. The number of imide groups is 1. The summed E-state index contributed by atoms with van der Waals surface area (Å²) in [7, 11) is 0. The second-order valence-corrected chi connectivity index (χ2v) is 9.80. The van der Waals surface area contributed by atoms with E-state index in [1.807, 2.05) is 6.92 Å². The molecule has 1 aliphatic heterocycles. The van der Waals surface area contributed by atoms with E-state index in [0.29, 0.717) is 22.6 Å². The van der Waals surface area contributed by atoms with Gasteiger partial charge in [-0.05, 0) is 42.5 Å². The van der Waals surface area contributed by atoms with Crippen LogP contribution in [0.1, 0.15) is 18.9 Å². The summed E-state index contributed by atoms with van der Waals surface area (Å²) in [6.45, 7) is 2.50. The molecule has 8 nitrogen and oxygen atoms in total. The minimum Gasteiger partial charge on any atom is -0.354 e. The van der Waals surface area contributed by atoms with Crippen molar-refractivity contribution in [1.29, 1.82) is 0 Å². The molecule has 0 bridgehead atoms. The number of benzene rings is 2. The zero-order valence-electron chi connectivity index (χ0n) is 19.4. The molecule has 3 amide bonds. The van der Waals surface area contributed by atoms with Crippen molar-refractivity contribution in [2.45, 2.75) is 25.0 Å². The smallest absolute Gasteiger partial charge is 0.293 e. The molecule has 186 valence electrons. The molecule has 0 atom stereocenters. The van der Waals surface area contributed by atoms with Gasteiger partial charge in [-0.25, -0.2) is 9.37 Å². The number of rotatable bonds is 9. The highest BCUT2D eigenvalue weighted by atomic mass is 32.2. The lowest BCUT2D eigenvalue weighted by molar-refractivity contribution is -0.123. The van der Waals surface area contributed by atoms with Crippen molar-refractivity contribution < 1.29 is 18.8 Å². The molecule has 0 spiro atoms. The molecule has 0 unspecified atom stereocenters. The van der Waals surface area contributed by atoms with Gasteiger partial charge in [0.1, 0.15) is 5.82 Å². The highest BCUT2D eigenvalue weighted by molar-refractivity contribution is 8.18. The average Bonchev–Trinajstić information content (AvgIpc) is 3.13. The standard InChI is InChI=1S/C25H23FN4O4S2/c1-2-12-29-22(32)17-8-4-6-10-19(17)28-24(29)35-15-21(31)27-11-13-30-23(33)20(36-25(30)34)14-16-7-3-5-9-18(16)26/h3-10,14H,2,11-13,15H2,1H3,(H,27,31). The molecule has 1 saturated heterocycles. The molecule has 4 rings (SSSR count). The first kappa shape index (κ1) is 25.6. The molecule has 0 saturated carbocycles. The van der Waals surface area contributed by atoms with Crippen LogP contribution in [0.2, 0.25) is 0 Å². The molecule has 1 aromatic heterocycles. The van der Waals surface area contributed by atoms with Crippen molar-refractivity contribution in [3.05, 3.63) is 75.2 Å². The summed E-state index contributed by atoms with van der Waals surface area (Å²) in [5, 5.41) is 3.20. The number of aromatic nitrogens is 2. The van der Waals surface area contributed by atoms with Gasteiger partial charge >= 0.3 is 0 Å². The first-order valence-electron chi connectivity index (χ1n) is 11.3. The number of amides is 3. The molecule has 3 aromatic rings. The van der Waals surface area contributed by atoms with Crippen molar-refractivity contribution in [2.24, 2.45) is 0 Å². The Kier molecular flexibility index (Phi) is 8.21.